The lowest BCUT2D eigenvalue weighted by Gasteiger charge is -2.35. The van der Waals surface area contributed by atoms with Crippen molar-refractivity contribution in [2.75, 3.05) is 7.05 Å². The molecule has 2 atom stereocenters. The summed E-state index contributed by atoms with van der Waals surface area (Å²) in [7, 11) is 2.16. The second-order valence-corrected chi connectivity index (χ2v) is 6.77. The van der Waals surface area contributed by atoms with E-state index in [-0.39, 0.29) is 5.82 Å². The summed E-state index contributed by atoms with van der Waals surface area (Å²) in [6.07, 6.45) is 5.08. The molecule has 2 aliphatic rings. The largest absolute Gasteiger partial charge is 0.311 e. The van der Waals surface area contributed by atoms with Crippen molar-refractivity contribution >= 4 is 15.9 Å². The molecule has 2 fully saturated rings. The van der Waals surface area contributed by atoms with Crippen LogP contribution in [0.2, 0.25) is 0 Å². The molecule has 1 aromatic carbocycles. The Bertz CT molecular complexity index is 453. The summed E-state index contributed by atoms with van der Waals surface area (Å²) < 4.78 is 14.3. The summed E-state index contributed by atoms with van der Waals surface area (Å²) in [6, 6.07) is 6.94. The Kier molecular flexibility index (Phi) is 3.92. The van der Waals surface area contributed by atoms with Crippen molar-refractivity contribution in [2.45, 2.75) is 50.4 Å². The summed E-state index contributed by atoms with van der Waals surface area (Å²) in [4.78, 5) is 2.38. The van der Waals surface area contributed by atoms with E-state index in [1.165, 1.54) is 31.7 Å². The minimum Gasteiger partial charge on any atom is -0.311 e. The average Bonchev–Trinajstić information content (AvgIpc) is 2.72. The number of piperidine rings is 1. The molecule has 0 aromatic heterocycles. The fourth-order valence-electron chi connectivity index (χ4n) is 3.45. The van der Waals surface area contributed by atoms with Gasteiger partial charge in [-0.15, -0.1) is 0 Å². The van der Waals surface area contributed by atoms with Gasteiger partial charge in [0.05, 0.1) is 0 Å². The maximum absolute atomic E-state index is 13.3. The molecular formula is C15H20BrFN2. The van der Waals surface area contributed by atoms with Gasteiger partial charge in [0.1, 0.15) is 5.82 Å². The minimum atomic E-state index is -0.156. The van der Waals surface area contributed by atoms with Gasteiger partial charge in [-0.25, -0.2) is 4.39 Å². The molecule has 1 aromatic rings. The van der Waals surface area contributed by atoms with Crippen LogP contribution in [0.4, 0.5) is 4.39 Å². The molecule has 19 heavy (non-hydrogen) atoms. The SMILES string of the molecule is CN(Cc1cc(F)ccc1Br)C1CC2CCC(C1)N2. The Morgan fingerprint density at radius 2 is 2.00 bits per heavy atom. The zero-order valence-electron chi connectivity index (χ0n) is 11.2. The van der Waals surface area contributed by atoms with E-state index in [9.17, 15) is 4.39 Å². The highest BCUT2D eigenvalue weighted by Gasteiger charge is 2.35. The molecule has 2 nitrogen and oxygen atoms in total. The van der Waals surface area contributed by atoms with E-state index in [4.69, 9.17) is 0 Å². The van der Waals surface area contributed by atoms with E-state index in [1.807, 2.05) is 0 Å². The van der Waals surface area contributed by atoms with Crippen LogP contribution in [0, 0.1) is 5.82 Å². The summed E-state index contributed by atoms with van der Waals surface area (Å²) in [5, 5.41) is 3.66. The lowest BCUT2D eigenvalue weighted by atomic mass is 9.98. The molecule has 2 aliphatic heterocycles. The van der Waals surface area contributed by atoms with Gasteiger partial charge in [-0.3, -0.25) is 4.90 Å². The molecular weight excluding hydrogens is 307 g/mol. The van der Waals surface area contributed by atoms with Gasteiger partial charge in [-0.05, 0) is 56.5 Å². The Labute approximate surface area is 122 Å². The maximum Gasteiger partial charge on any atom is 0.123 e. The summed E-state index contributed by atoms with van der Waals surface area (Å²) in [5.74, 6) is -0.156. The number of nitrogens with zero attached hydrogens (tertiary/aromatic N) is 1. The third kappa shape index (κ3) is 3.01. The van der Waals surface area contributed by atoms with Crippen molar-refractivity contribution in [3.63, 3.8) is 0 Å². The number of halogens is 2. The predicted molar refractivity (Wildman–Crippen MR) is 78.5 cm³/mol. The minimum absolute atomic E-state index is 0.156. The van der Waals surface area contributed by atoms with Crippen LogP contribution in [0.15, 0.2) is 22.7 Å². The summed E-state index contributed by atoms with van der Waals surface area (Å²) in [5.41, 5.74) is 1.04. The number of rotatable bonds is 3. The first-order valence-corrected chi connectivity index (χ1v) is 7.81. The number of fused-ring (bicyclic) bond motifs is 2. The van der Waals surface area contributed by atoms with Gasteiger partial charge in [-0.2, -0.15) is 0 Å². The lowest BCUT2D eigenvalue weighted by Crippen LogP contribution is -2.46. The predicted octanol–water partition coefficient (Wildman–Crippen LogP) is 3.30. The number of nitrogens with one attached hydrogen (secondary N) is 1. The fourth-order valence-corrected chi connectivity index (χ4v) is 3.82. The number of hydrogen-bond acceptors (Lipinski definition) is 2. The Morgan fingerprint density at radius 3 is 2.68 bits per heavy atom. The lowest BCUT2D eigenvalue weighted by molar-refractivity contribution is 0.165. The van der Waals surface area contributed by atoms with Crippen molar-refractivity contribution < 1.29 is 4.39 Å². The second-order valence-electron chi connectivity index (χ2n) is 5.91. The highest BCUT2D eigenvalue weighted by Crippen LogP contribution is 2.30. The topological polar surface area (TPSA) is 15.3 Å². The van der Waals surface area contributed by atoms with E-state index in [1.54, 1.807) is 12.1 Å². The summed E-state index contributed by atoms with van der Waals surface area (Å²) in [6.45, 7) is 0.808. The van der Waals surface area contributed by atoms with Gasteiger partial charge < -0.3 is 5.32 Å². The van der Waals surface area contributed by atoms with E-state index < -0.39 is 0 Å². The van der Waals surface area contributed by atoms with Gasteiger partial charge in [0, 0.05) is 29.1 Å². The molecule has 2 heterocycles. The molecule has 2 bridgehead atoms. The van der Waals surface area contributed by atoms with Crippen LogP contribution in [0.3, 0.4) is 0 Å². The van der Waals surface area contributed by atoms with Crippen molar-refractivity contribution in [3.8, 4) is 0 Å². The third-order valence-corrected chi connectivity index (χ3v) is 5.27. The maximum atomic E-state index is 13.3. The molecule has 0 spiro atoms. The van der Waals surface area contributed by atoms with E-state index >= 15 is 0 Å². The van der Waals surface area contributed by atoms with Crippen LogP contribution in [0.5, 0.6) is 0 Å². The monoisotopic (exact) mass is 326 g/mol. The normalized spacial score (nSPS) is 30.0. The molecule has 0 aliphatic carbocycles. The smallest absolute Gasteiger partial charge is 0.123 e. The number of benzene rings is 1. The molecule has 2 saturated heterocycles. The van der Waals surface area contributed by atoms with E-state index in [0.29, 0.717) is 18.1 Å². The third-order valence-electron chi connectivity index (χ3n) is 4.50. The van der Waals surface area contributed by atoms with Crippen molar-refractivity contribution in [3.05, 3.63) is 34.1 Å². The molecule has 104 valence electrons. The zero-order valence-corrected chi connectivity index (χ0v) is 12.8. The molecule has 1 N–H and O–H groups in total. The zero-order chi connectivity index (χ0) is 13.4. The number of hydrogen-bond donors (Lipinski definition) is 1. The van der Waals surface area contributed by atoms with Crippen LogP contribution in [-0.4, -0.2) is 30.1 Å². The van der Waals surface area contributed by atoms with E-state index in [0.717, 1.165) is 16.6 Å². The Balaban J connectivity index is 1.67. The molecule has 0 radical (unpaired) electrons. The first kappa shape index (κ1) is 13.5. The highest BCUT2D eigenvalue weighted by atomic mass is 79.9. The average molecular weight is 327 g/mol. The van der Waals surface area contributed by atoms with Crippen LogP contribution < -0.4 is 5.32 Å². The van der Waals surface area contributed by atoms with Gasteiger partial charge in [0.15, 0.2) is 0 Å². The highest BCUT2D eigenvalue weighted by molar-refractivity contribution is 9.10. The first-order valence-electron chi connectivity index (χ1n) is 7.02. The van der Waals surface area contributed by atoms with Crippen LogP contribution in [0.25, 0.3) is 0 Å². The molecule has 0 saturated carbocycles. The van der Waals surface area contributed by atoms with Crippen LogP contribution in [-0.2, 0) is 6.54 Å². The molecule has 3 rings (SSSR count). The quantitative estimate of drug-likeness (QED) is 0.916. The van der Waals surface area contributed by atoms with Gasteiger partial charge in [0.25, 0.3) is 0 Å². The molecule has 4 heteroatoms. The van der Waals surface area contributed by atoms with Crippen molar-refractivity contribution in [1.82, 2.24) is 10.2 Å². The van der Waals surface area contributed by atoms with Crippen LogP contribution in [0.1, 0.15) is 31.2 Å². The van der Waals surface area contributed by atoms with Gasteiger partial charge in [-0.1, -0.05) is 15.9 Å². The fraction of sp³-hybridized carbons (Fsp3) is 0.600. The Morgan fingerprint density at radius 1 is 1.32 bits per heavy atom. The first-order chi connectivity index (χ1) is 9.11. The van der Waals surface area contributed by atoms with Crippen molar-refractivity contribution in [2.24, 2.45) is 0 Å². The standard InChI is InChI=1S/C15H20BrFN2/c1-19(9-10-6-11(17)2-5-15(10)16)14-7-12-3-4-13(8-14)18-12/h2,5-6,12-14,18H,3-4,7-9H2,1H3. The van der Waals surface area contributed by atoms with Crippen LogP contribution >= 0.6 is 15.9 Å². The Hall–Kier alpha value is -0.450. The van der Waals surface area contributed by atoms with Gasteiger partial charge in [0.2, 0.25) is 0 Å². The summed E-state index contributed by atoms with van der Waals surface area (Å²) >= 11 is 3.51. The molecule has 0 amide bonds. The second kappa shape index (κ2) is 5.51. The van der Waals surface area contributed by atoms with Gasteiger partial charge >= 0.3 is 0 Å². The van der Waals surface area contributed by atoms with Crippen molar-refractivity contribution in [1.29, 1.82) is 0 Å². The van der Waals surface area contributed by atoms with E-state index in [2.05, 4.69) is 33.2 Å². The molecule has 2 unspecified atom stereocenters.